The van der Waals surface area contributed by atoms with Crippen LogP contribution in [0.3, 0.4) is 0 Å². The van der Waals surface area contributed by atoms with Crippen LogP contribution < -0.4 is 15.7 Å². The molecular formula is C15H22BN3O5. The zero-order chi connectivity index (χ0) is 17.3. The molecule has 24 heavy (non-hydrogen) atoms. The van der Waals surface area contributed by atoms with Crippen LogP contribution in [-0.2, 0) is 11.2 Å². The number of para-hydroxylation sites is 1. The summed E-state index contributed by atoms with van der Waals surface area (Å²) in [6.45, 7) is 1.72. The Hall–Kier alpha value is -1.65. The van der Waals surface area contributed by atoms with Gasteiger partial charge in [-0.1, -0.05) is 18.2 Å². The third kappa shape index (κ3) is 3.71. The first-order valence-electron chi connectivity index (χ1n) is 8.04. The number of carbonyl (C=O) groups excluding carboxylic acids is 1. The van der Waals surface area contributed by atoms with Gasteiger partial charge in [0.1, 0.15) is 5.75 Å². The van der Waals surface area contributed by atoms with Crippen molar-refractivity contribution in [1.82, 2.24) is 10.2 Å². The number of rotatable bonds is 4. The Balaban J connectivity index is 1.64. The molecule has 3 rings (SSSR count). The van der Waals surface area contributed by atoms with Gasteiger partial charge in [0.2, 0.25) is 5.91 Å². The number of nitrogens with zero attached hydrogens (tertiary/aromatic N) is 1. The number of likely N-dealkylation sites (tertiary alicyclic amines) is 1. The van der Waals surface area contributed by atoms with E-state index in [1.54, 1.807) is 12.1 Å². The summed E-state index contributed by atoms with van der Waals surface area (Å²) in [6.07, 6.45) is -0.456. The molecule has 2 aliphatic heterocycles. The molecule has 0 saturated carbocycles. The average molecular weight is 335 g/mol. The van der Waals surface area contributed by atoms with E-state index in [4.69, 9.17) is 10.4 Å². The average Bonchev–Trinajstić information content (AvgIpc) is 2.92. The van der Waals surface area contributed by atoms with E-state index < -0.39 is 19.3 Å². The van der Waals surface area contributed by atoms with Crippen LogP contribution >= 0.6 is 0 Å². The lowest BCUT2D eigenvalue weighted by Gasteiger charge is -2.30. The highest BCUT2D eigenvalue weighted by Gasteiger charge is 2.37. The highest BCUT2D eigenvalue weighted by Crippen LogP contribution is 2.32. The predicted molar refractivity (Wildman–Crippen MR) is 86.9 cm³/mol. The number of nitrogens with two attached hydrogens (primary N) is 1. The lowest BCUT2D eigenvalue weighted by atomic mass is 9.72. The molecule has 8 nitrogen and oxygen atoms in total. The Bertz CT molecular complexity index is 615. The minimum absolute atomic E-state index is 0.108. The fourth-order valence-corrected chi connectivity index (χ4v) is 3.24. The SMILES string of the molecule is NC1CCN(CC(=O)NC2Cc3cccc(C(O)O)c3OB2O)C1. The first-order chi connectivity index (χ1) is 11.4. The van der Waals surface area contributed by atoms with Crippen LogP contribution in [0.4, 0.5) is 0 Å². The van der Waals surface area contributed by atoms with Crippen LogP contribution in [0.2, 0.25) is 0 Å². The second-order valence-corrected chi connectivity index (χ2v) is 6.38. The van der Waals surface area contributed by atoms with Crippen molar-refractivity contribution in [2.75, 3.05) is 19.6 Å². The van der Waals surface area contributed by atoms with Gasteiger partial charge in [-0.25, -0.2) is 0 Å². The number of fused-ring (bicyclic) bond motifs is 1. The Labute approximate surface area is 140 Å². The van der Waals surface area contributed by atoms with Gasteiger partial charge >= 0.3 is 7.12 Å². The van der Waals surface area contributed by atoms with Crippen molar-refractivity contribution in [1.29, 1.82) is 0 Å². The standard InChI is InChI=1S/C15H22BN3O5/c17-10-4-5-19(7-10)8-13(20)18-12-6-9-2-1-3-11(15(21)22)14(9)24-16(12)23/h1-3,10,12,15,21-23H,4-8,17H2,(H,18,20). The molecule has 9 heteroatoms. The molecule has 0 aromatic heterocycles. The van der Waals surface area contributed by atoms with Crippen molar-refractivity contribution in [3.8, 4) is 5.75 Å². The lowest BCUT2D eigenvalue weighted by molar-refractivity contribution is -0.122. The smallest absolute Gasteiger partial charge is 0.534 e. The maximum atomic E-state index is 12.2. The molecule has 2 heterocycles. The first kappa shape index (κ1) is 17.2. The molecule has 0 spiro atoms. The van der Waals surface area contributed by atoms with Crippen molar-refractivity contribution in [2.45, 2.75) is 31.1 Å². The molecule has 2 atom stereocenters. The van der Waals surface area contributed by atoms with Crippen LogP contribution in [0.25, 0.3) is 0 Å². The van der Waals surface area contributed by atoms with Gasteiger partial charge in [0, 0.05) is 24.7 Å². The van der Waals surface area contributed by atoms with E-state index in [9.17, 15) is 20.0 Å². The van der Waals surface area contributed by atoms with Gasteiger partial charge in [-0.05, 0) is 18.4 Å². The van der Waals surface area contributed by atoms with E-state index in [0.717, 1.165) is 13.0 Å². The molecule has 1 aromatic rings. The van der Waals surface area contributed by atoms with Gasteiger partial charge in [0.25, 0.3) is 0 Å². The molecule has 1 aromatic carbocycles. The van der Waals surface area contributed by atoms with Crippen molar-refractivity contribution < 1.29 is 24.7 Å². The summed E-state index contributed by atoms with van der Waals surface area (Å²) in [5.74, 6) is -0.526. The molecule has 6 N–H and O–H groups in total. The summed E-state index contributed by atoms with van der Waals surface area (Å²) in [6, 6.07) is 5.08. The normalized spacial score (nSPS) is 24.0. The lowest BCUT2D eigenvalue weighted by Crippen LogP contribution is -2.54. The molecule has 2 unspecified atom stereocenters. The van der Waals surface area contributed by atoms with E-state index in [1.165, 1.54) is 6.07 Å². The van der Waals surface area contributed by atoms with Gasteiger partial charge in [0.15, 0.2) is 6.29 Å². The highest BCUT2D eigenvalue weighted by atomic mass is 16.5. The van der Waals surface area contributed by atoms with Crippen molar-refractivity contribution in [3.05, 3.63) is 29.3 Å². The van der Waals surface area contributed by atoms with Gasteiger partial charge in [-0.15, -0.1) is 0 Å². The molecule has 0 bridgehead atoms. The second kappa shape index (κ2) is 7.08. The molecule has 0 radical (unpaired) electrons. The third-order valence-electron chi connectivity index (χ3n) is 4.45. The van der Waals surface area contributed by atoms with Crippen LogP contribution in [0.15, 0.2) is 18.2 Å². The first-order valence-corrected chi connectivity index (χ1v) is 8.04. The summed E-state index contributed by atoms with van der Waals surface area (Å²) >= 11 is 0. The minimum Gasteiger partial charge on any atom is -0.534 e. The van der Waals surface area contributed by atoms with E-state index in [1.807, 2.05) is 4.90 Å². The van der Waals surface area contributed by atoms with Crippen LogP contribution in [0, 0.1) is 0 Å². The summed E-state index contributed by atoms with van der Waals surface area (Å²) in [7, 11) is -1.25. The number of carbonyl (C=O) groups is 1. The van der Waals surface area contributed by atoms with Crippen LogP contribution in [-0.4, -0.2) is 64.8 Å². The van der Waals surface area contributed by atoms with Crippen molar-refractivity contribution in [2.24, 2.45) is 5.73 Å². The maximum Gasteiger partial charge on any atom is 0.547 e. The third-order valence-corrected chi connectivity index (χ3v) is 4.45. The van der Waals surface area contributed by atoms with Crippen LogP contribution in [0.1, 0.15) is 23.8 Å². The molecule has 1 amide bonds. The minimum atomic E-state index is -1.68. The van der Waals surface area contributed by atoms with E-state index in [2.05, 4.69) is 5.32 Å². The summed E-state index contributed by atoms with van der Waals surface area (Å²) < 4.78 is 5.41. The van der Waals surface area contributed by atoms with Crippen molar-refractivity contribution >= 4 is 13.0 Å². The van der Waals surface area contributed by atoms with Gasteiger partial charge in [-0.3, -0.25) is 9.69 Å². The van der Waals surface area contributed by atoms with E-state index in [0.29, 0.717) is 18.5 Å². The summed E-state index contributed by atoms with van der Waals surface area (Å²) in [4.78, 5) is 14.1. The zero-order valence-electron chi connectivity index (χ0n) is 13.3. The Morgan fingerprint density at radius 2 is 2.29 bits per heavy atom. The Kier molecular flexibility index (Phi) is 5.07. The van der Waals surface area contributed by atoms with Gasteiger partial charge in [0.05, 0.1) is 12.5 Å². The fraction of sp³-hybridized carbons (Fsp3) is 0.533. The number of hydrogen-bond acceptors (Lipinski definition) is 7. The molecule has 1 saturated heterocycles. The number of hydrogen-bond donors (Lipinski definition) is 5. The summed E-state index contributed by atoms with van der Waals surface area (Å²) in [5, 5.41) is 31.7. The Morgan fingerprint density at radius 1 is 1.50 bits per heavy atom. The van der Waals surface area contributed by atoms with Gasteiger partial charge < -0.3 is 30.9 Å². The van der Waals surface area contributed by atoms with Crippen LogP contribution in [0.5, 0.6) is 5.75 Å². The number of amides is 1. The molecular weight excluding hydrogens is 313 g/mol. The molecule has 130 valence electrons. The molecule has 2 aliphatic rings. The summed E-state index contributed by atoms with van der Waals surface area (Å²) in [5.41, 5.74) is 6.73. The largest absolute Gasteiger partial charge is 0.547 e. The topological polar surface area (TPSA) is 128 Å². The van der Waals surface area contributed by atoms with Crippen molar-refractivity contribution in [3.63, 3.8) is 0 Å². The quantitative estimate of drug-likeness (QED) is 0.322. The van der Waals surface area contributed by atoms with E-state index >= 15 is 0 Å². The highest BCUT2D eigenvalue weighted by molar-refractivity contribution is 6.46. The fourth-order valence-electron chi connectivity index (χ4n) is 3.24. The zero-order valence-corrected chi connectivity index (χ0v) is 13.3. The molecule has 0 aliphatic carbocycles. The maximum absolute atomic E-state index is 12.2. The number of aliphatic hydroxyl groups is 2. The monoisotopic (exact) mass is 335 g/mol. The van der Waals surface area contributed by atoms with E-state index in [-0.39, 0.29) is 29.8 Å². The second-order valence-electron chi connectivity index (χ2n) is 6.38. The molecule has 1 fully saturated rings. The number of benzene rings is 1. The number of nitrogens with one attached hydrogen (secondary N) is 1. The van der Waals surface area contributed by atoms with Gasteiger partial charge in [-0.2, -0.15) is 0 Å². The number of aliphatic hydroxyl groups excluding tert-OH is 1. The predicted octanol–water partition coefficient (Wildman–Crippen LogP) is -1.86. The Morgan fingerprint density at radius 3 is 2.96 bits per heavy atom.